The molecule has 2 aromatic rings. The zero-order valence-electron chi connectivity index (χ0n) is 12.0. The van der Waals surface area contributed by atoms with Gasteiger partial charge in [-0.25, -0.2) is 0 Å². The van der Waals surface area contributed by atoms with Gasteiger partial charge in [0.25, 0.3) is 0 Å². The van der Waals surface area contributed by atoms with E-state index < -0.39 is 0 Å². The van der Waals surface area contributed by atoms with Crippen LogP contribution in [0.3, 0.4) is 0 Å². The van der Waals surface area contributed by atoms with Gasteiger partial charge in [0.15, 0.2) is 0 Å². The van der Waals surface area contributed by atoms with E-state index in [1.807, 2.05) is 37.3 Å². The Balaban J connectivity index is 2.45. The Labute approximate surface area is 119 Å². The van der Waals surface area contributed by atoms with Crippen LogP contribution in [0.5, 0.6) is 5.75 Å². The molecule has 0 spiro atoms. The molecule has 2 rings (SSSR count). The summed E-state index contributed by atoms with van der Waals surface area (Å²) in [5.41, 5.74) is 9.18. The minimum atomic E-state index is -0.387. The predicted molar refractivity (Wildman–Crippen MR) is 80.2 cm³/mol. The summed E-state index contributed by atoms with van der Waals surface area (Å²) in [6.45, 7) is 4.05. The lowest BCUT2D eigenvalue weighted by Crippen LogP contribution is -2.14. The maximum absolute atomic E-state index is 11.4. The van der Waals surface area contributed by atoms with E-state index in [2.05, 4.69) is 13.0 Å². The van der Waals surface area contributed by atoms with Gasteiger partial charge in [-0.3, -0.25) is 4.79 Å². The van der Waals surface area contributed by atoms with Crippen molar-refractivity contribution in [3.8, 4) is 5.75 Å². The third-order valence-electron chi connectivity index (χ3n) is 3.70. The van der Waals surface area contributed by atoms with E-state index in [-0.39, 0.29) is 11.8 Å². The fraction of sp³-hybridized carbons (Fsp3) is 0.235. The van der Waals surface area contributed by atoms with Gasteiger partial charge >= 0.3 is 0 Å². The third kappa shape index (κ3) is 2.67. The molecule has 104 valence electrons. The molecule has 3 nitrogen and oxygen atoms in total. The summed E-state index contributed by atoms with van der Waals surface area (Å²) in [6.07, 6.45) is 0. The Kier molecular flexibility index (Phi) is 4.08. The van der Waals surface area contributed by atoms with E-state index in [1.165, 1.54) is 0 Å². The van der Waals surface area contributed by atoms with Crippen molar-refractivity contribution in [3.63, 3.8) is 0 Å². The van der Waals surface area contributed by atoms with Crippen molar-refractivity contribution in [1.29, 1.82) is 0 Å². The zero-order chi connectivity index (χ0) is 14.7. The Hall–Kier alpha value is -2.29. The molecular weight excluding hydrogens is 250 g/mol. The lowest BCUT2D eigenvalue weighted by atomic mass is 9.88. The number of benzene rings is 2. The molecule has 0 aromatic heterocycles. The molecule has 0 unspecified atom stereocenters. The number of carbonyl (C=O) groups is 1. The molecule has 0 heterocycles. The van der Waals surface area contributed by atoms with Gasteiger partial charge in [-0.2, -0.15) is 0 Å². The van der Waals surface area contributed by atoms with Crippen LogP contribution >= 0.6 is 0 Å². The quantitative estimate of drug-likeness (QED) is 0.926. The number of hydrogen-bond acceptors (Lipinski definition) is 2. The van der Waals surface area contributed by atoms with Crippen LogP contribution < -0.4 is 10.5 Å². The van der Waals surface area contributed by atoms with Crippen molar-refractivity contribution in [2.24, 2.45) is 5.73 Å². The second-order valence-corrected chi connectivity index (χ2v) is 4.88. The maximum atomic E-state index is 11.4. The van der Waals surface area contributed by atoms with Gasteiger partial charge in [0, 0.05) is 11.5 Å². The van der Waals surface area contributed by atoms with Crippen LogP contribution in [0.25, 0.3) is 0 Å². The number of carbonyl (C=O) groups excluding carboxylic acids is 1. The summed E-state index contributed by atoms with van der Waals surface area (Å²) < 4.78 is 5.26. The fourth-order valence-electron chi connectivity index (χ4n) is 2.48. The topological polar surface area (TPSA) is 52.3 Å². The molecule has 1 atom stereocenters. The highest BCUT2D eigenvalue weighted by molar-refractivity contribution is 5.94. The normalized spacial score (nSPS) is 11.9. The van der Waals surface area contributed by atoms with Gasteiger partial charge in [0.05, 0.1) is 7.11 Å². The Bertz CT molecular complexity index is 635. The Morgan fingerprint density at radius 1 is 1.20 bits per heavy atom. The molecule has 2 aromatic carbocycles. The lowest BCUT2D eigenvalue weighted by molar-refractivity contribution is 0.0999. The molecule has 0 saturated heterocycles. The molecule has 20 heavy (non-hydrogen) atoms. The first-order valence-electron chi connectivity index (χ1n) is 6.58. The van der Waals surface area contributed by atoms with Gasteiger partial charge in [-0.1, -0.05) is 31.2 Å². The van der Waals surface area contributed by atoms with Crippen LogP contribution in [-0.4, -0.2) is 13.0 Å². The minimum absolute atomic E-state index is 0.171. The number of hydrogen-bond donors (Lipinski definition) is 1. The summed E-state index contributed by atoms with van der Waals surface area (Å²) in [5.74, 6) is 0.615. The summed E-state index contributed by atoms with van der Waals surface area (Å²) in [4.78, 5) is 11.4. The van der Waals surface area contributed by atoms with E-state index in [9.17, 15) is 4.79 Å². The zero-order valence-corrected chi connectivity index (χ0v) is 12.0. The van der Waals surface area contributed by atoms with Crippen LogP contribution in [0.2, 0.25) is 0 Å². The first kappa shape index (κ1) is 14.1. The Morgan fingerprint density at radius 3 is 2.55 bits per heavy atom. The first-order chi connectivity index (χ1) is 9.54. The molecule has 0 aliphatic rings. The highest BCUT2D eigenvalue weighted by atomic mass is 16.5. The van der Waals surface area contributed by atoms with Crippen LogP contribution in [0, 0.1) is 6.92 Å². The first-order valence-corrected chi connectivity index (χ1v) is 6.58. The number of ether oxygens (including phenoxy) is 1. The summed E-state index contributed by atoms with van der Waals surface area (Å²) in [7, 11) is 1.66. The van der Waals surface area contributed by atoms with Crippen molar-refractivity contribution >= 4 is 5.91 Å². The van der Waals surface area contributed by atoms with Crippen LogP contribution in [0.4, 0.5) is 0 Å². The number of amides is 1. The van der Waals surface area contributed by atoms with Crippen molar-refractivity contribution in [3.05, 3.63) is 64.7 Å². The van der Waals surface area contributed by atoms with E-state index in [0.29, 0.717) is 5.56 Å². The van der Waals surface area contributed by atoms with Crippen molar-refractivity contribution in [2.45, 2.75) is 19.8 Å². The number of nitrogens with two attached hydrogens (primary N) is 1. The molecule has 2 N–H and O–H groups in total. The van der Waals surface area contributed by atoms with Crippen LogP contribution in [-0.2, 0) is 0 Å². The number of rotatable bonds is 4. The molecule has 0 aliphatic heterocycles. The molecule has 1 amide bonds. The summed E-state index contributed by atoms with van der Waals surface area (Å²) in [5, 5.41) is 0. The SMILES string of the molecule is COc1cccc([C@@H](C)c2cccc(C(N)=O)c2C)c1. The molecule has 0 aliphatic carbocycles. The monoisotopic (exact) mass is 269 g/mol. The third-order valence-corrected chi connectivity index (χ3v) is 3.70. The minimum Gasteiger partial charge on any atom is -0.497 e. The summed E-state index contributed by atoms with van der Waals surface area (Å²) in [6, 6.07) is 13.6. The predicted octanol–water partition coefficient (Wildman–Crippen LogP) is 3.25. The van der Waals surface area contributed by atoms with Gasteiger partial charge in [0.1, 0.15) is 5.75 Å². The molecule has 0 fully saturated rings. The smallest absolute Gasteiger partial charge is 0.248 e. The second kappa shape index (κ2) is 5.78. The van der Waals surface area contributed by atoms with Crippen LogP contribution in [0.15, 0.2) is 42.5 Å². The van der Waals surface area contributed by atoms with Crippen LogP contribution in [0.1, 0.15) is 39.9 Å². The lowest BCUT2D eigenvalue weighted by Gasteiger charge is -2.17. The van der Waals surface area contributed by atoms with Crippen molar-refractivity contribution in [1.82, 2.24) is 0 Å². The second-order valence-electron chi connectivity index (χ2n) is 4.88. The largest absolute Gasteiger partial charge is 0.497 e. The molecule has 0 bridgehead atoms. The van der Waals surface area contributed by atoms with E-state index >= 15 is 0 Å². The maximum Gasteiger partial charge on any atom is 0.248 e. The fourth-order valence-corrected chi connectivity index (χ4v) is 2.48. The Morgan fingerprint density at radius 2 is 1.90 bits per heavy atom. The van der Waals surface area contributed by atoms with E-state index in [1.54, 1.807) is 13.2 Å². The van der Waals surface area contributed by atoms with E-state index in [0.717, 1.165) is 22.4 Å². The summed E-state index contributed by atoms with van der Waals surface area (Å²) >= 11 is 0. The van der Waals surface area contributed by atoms with Gasteiger partial charge in [-0.05, 0) is 41.8 Å². The standard InChI is InChI=1S/C17H19NO2/c1-11(13-6-4-7-14(10-13)20-3)15-8-5-9-16(12(15)2)17(18)19/h4-11H,1-3H3,(H2,18,19)/t11-/m1/s1. The number of methoxy groups -OCH3 is 1. The van der Waals surface area contributed by atoms with Gasteiger partial charge in [-0.15, -0.1) is 0 Å². The molecule has 0 radical (unpaired) electrons. The molecule has 3 heteroatoms. The van der Waals surface area contributed by atoms with E-state index in [4.69, 9.17) is 10.5 Å². The molecule has 0 saturated carbocycles. The molecular formula is C17H19NO2. The number of primary amides is 1. The average molecular weight is 269 g/mol. The highest BCUT2D eigenvalue weighted by Gasteiger charge is 2.15. The van der Waals surface area contributed by atoms with Gasteiger partial charge < -0.3 is 10.5 Å². The van der Waals surface area contributed by atoms with Gasteiger partial charge in [0.2, 0.25) is 5.91 Å². The van der Waals surface area contributed by atoms with Crippen molar-refractivity contribution in [2.75, 3.05) is 7.11 Å². The van der Waals surface area contributed by atoms with Crippen molar-refractivity contribution < 1.29 is 9.53 Å². The average Bonchev–Trinajstić information content (AvgIpc) is 2.46. The highest BCUT2D eigenvalue weighted by Crippen LogP contribution is 2.30.